The quantitative estimate of drug-likeness (QED) is 0.139. The third-order valence-corrected chi connectivity index (χ3v) is 2.90. The largest absolute Gasteiger partial charge is 0.462 e. The van der Waals surface area contributed by atoms with Crippen LogP contribution in [0.4, 0.5) is 13.2 Å². The minimum atomic E-state index is -1.76. The summed E-state index contributed by atoms with van der Waals surface area (Å²) in [6.45, 7) is 2.59. The lowest BCUT2D eigenvalue weighted by Crippen LogP contribution is -2.21. The number of Topliss-reactive ketones (excluding diaryl/α,β-unsaturated/α-hetero) is 1. The number of carbonyl (C=O) groups excluding carboxylic acids is 3. The van der Waals surface area contributed by atoms with E-state index in [1.165, 1.54) is 19.0 Å². The summed E-state index contributed by atoms with van der Waals surface area (Å²) in [5.41, 5.74) is -1.57. The molecule has 0 atom stereocenters. The number of carbonyl (C=O) groups is 3. The van der Waals surface area contributed by atoms with E-state index < -0.39 is 52.1 Å². The molecule has 1 aromatic carbocycles. The Hall–Kier alpha value is -2.84. The average molecular weight is 373 g/mol. The number of hydrogen-bond acceptors (Lipinski definition) is 6. The van der Waals surface area contributed by atoms with Crippen molar-refractivity contribution in [2.75, 3.05) is 20.7 Å². The maximum atomic E-state index is 14.4. The Morgan fingerprint density at radius 2 is 1.77 bits per heavy atom. The van der Waals surface area contributed by atoms with Crippen LogP contribution in [0.15, 0.2) is 17.8 Å². The summed E-state index contributed by atoms with van der Waals surface area (Å²) >= 11 is 0. The lowest BCUT2D eigenvalue weighted by atomic mass is 10.0. The molecule has 0 fully saturated rings. The normalized spacial score (nSPS) is 11.1. The van der Waals surface area contributed by atoms with Crippen molar-refractivity contribution in [1.82, 2.24) is 4.90 Å². The predicted molar refractivity (Wildman–Crippen MR) is 85.0 cm³/mol. The Morgan fingerprint density at radius 3 is 2.27 bits per heavy atom. The molecule has 0 amide bonds. The summed E-state index contributed by atoms with van der Waals surface area (Å²) in [7, 11) is 2.98. The van der Waals surface area contributed by atoms with E-state index in [4.69, 9.17) is 4.74 Å². The Kier molecular flexibility index (Phi) is 7.36. The van der Waals surface area contributed by atoms with Gasteiger partial charge in [-0.3, -0.25) is 9.59 Å². The molecule has 1 rings (SSSR count). The fourth-order valence-electron chi connectivity index (χ4n) is 1.86. The SMILES string of the molecule is CCCOC(=O)C(=CN(C)C)C(=O)c1cc(F)c(F)c(OC(C)=O)c1F. The second-order valence-electron chi connectivity index (χ2n) is 5.43. The van der Waals surface area contributed by atoms with Gasteiger partial charge in [-0.1, -0.05) is 6.92 Å². The first-order chi connectivity index (χ1) is 12.1. The highest BCUT2D eigenvalue weighted by Gasteiger charge is 2.30. The van der Waals surface area contributed by atoms with Gasteiger partial charge >= 0.3 is 11.9 Å². The molecule has 0 aliphatic rings. The van der Waals surface area contributed by atoms with E-state index in [1.807, 2.05) is 0 Å². The van der Waals surface area contributed by atoms with Crippen molar-refractivity contribution in [1.29, 1.82) is 0 Å². The van der Waals surface area contributed by atoms with Crippen LogP contribution in [0.3, 0.4) is 0 Å². The van der Waals surface area contributed by atoms with E-state index in [0.29, 0.717) is 6.42 Å². The van der Waals surface area contributed by atoms with Crippen molar-refractivity contribution in [3.05, 3.63) is 40.9 Å². The molecule has 142 valence electrons. The Morgan fingerprint density at radius 1 is 1.15 bits per heavy atom. The summed E-state index contributed by atoms with van der Waals surface area (Å²) in [5.74, 6) is -9.74. The third-order valence-electron chi connectivity index (χ3n) is 2.90. The number of esters is 2. The zero-order chi connectivity index (χ0) is 20.0. The molecule has 0 aliphatic carbocycles. The van der Waals surface area contributed by atoms with Gasteiger partial charge in [0.1, 0.15) is 5.57 Å². The maximum absolute atomic E-state index is 14.4. The summed E-state index contributed by atoms with van der Waals surface area (Å²) in [6.07, 6.45) is 1.54. The Labute approximate surface area is 148 Å². The molecule has 0 saturated carbocycles. The minimum Gasteiger partial charge on any atom is -0.462 e. The van der Waals surface area contributed by atoms with E-state index in [2.05, 4.69) is 4.74 Å². The fourth-order valence-corrected chi connectivity index (χ4v) is 1.86. The van der Waals surface area contributed by atoms with E-state index >= 15 is 0 Å². The lowest BCUT2D eigenvalue weighted by molar-refractivity contribution is -0.138. The van der Waals surface area contributed by atoms with Gasteiger partial charge in [0.25, 0.3) is 0 Å². The number of ketones is 1. The third kappa shape index (κ3) is 5.08. The highest BCUT2D eigenvalue weighted by Crippen LogP contribution is 2.29. The predicted octanol–water partition coefficient (Wildman–Crippen LogP) is 2.61. The molecule has 0 spiro atoms. The van der Waals surface area contributed by atoms with Gasteiger partial charge in [-0.25, -0.2) is 13.6 Å². The molecule has 0 bridgehead atoms. The fraction of sp³-hybridized carbons (Fsp3) is 0.353. The molecule has 0 unspecified atom stereocenters. The Bertz CT molecular complexity index is 759. The number of ether oxygens (including phenoxy) is 2. The molecule has 0 saturated heterocycles. The van der Waals surface area contributed by atoms with Crippen LogP contribution >= 0.6 is 0 Å². The second kappa shape index (κ2) is 9.02. The molecule has 9 heteroatoms. The van der Waals surface area contributed by atoms with Crippen LogP contribution in [-0.4, -0.2) is 43.3 Å². The van der Waals surface area contributed by atoms with Gasteiger partial charge < -0.3 is 14.4 Å². The van der Waals surface area contributed by atoms with Crippen LogP contribution in [0.2, 0.25) is 0 Å². The van der Waals surface area contributed by atoms with Gasteiger partial charge in [0.2, 0.25) is 17.3 Å². The van der Waals surface area contributed by atoms with Crippen molar-refractivity contribution in [2.24, 2.45) is 0 Å². The monoisotopic (exact) mass is 373 g/mol. The smallest absolute Gasteiger partial charge is 0.343 e. The topological polar surface area (TPSA) is 72.9 Å². The summed E-state index contributed by atoms with van der Waals surface area (Å²) in [5, 5.41) is 0. The van der Waals surface area contributed by atoms with Crippen molar-refractivity contribution in [2.45, 2.75) is 20.3 Å². The van der Waals surface area contributed by atoms with Crippen LogP contribution in [0.5, 0.6) is 5.75 Å². The van der Waals surface area contributed by atoms with E-state index in [-0.39, 0.29) is 12.7 Å². The first kappa shape index (κ1) is 21.2. The van der Waals surface area contributed by atoms with Gasteiger partial charge in [-0.2, -0.15) is 4.39 Å². The molecule has 0 N–H and O–H groups in total. The van der Waals surface area contributed by atoms with Crippen LogP contribution in [-0.2, 0) is 14.3 Å². The number of hydrogen-bond donors (Lipinski definition) is 0. The summed E-state index contributed by atoms with van der Waals surface area (Å²) in [4.78, 5) is 36.9. The highest BCUT2D eigenvalue weighted by molar-refractivity contribution is 6.24. The Balaban J connectivity index is 3.46. The van der Waals surface area contributed by atoms with Crippen molar-refractivity contribution in [3.8, 4) is 5.75 Å². The number of rotatable bonds is 7. The lowest BCUT2D eigenvalue weighted by Gasteiger charge is -2.13. The van der Waals surface area contributed by atoms with Crippen LogP contribution in [0.1, 0.15) is 30.6 Å². The van der Waals surface area contributed by atoms with E-state index in [0.717, 1.165) is 13.1 Å². The molecular formula is C17H18F3NO5. The van der Waals surface area contributed by atoms with Gasteiger partial charge in [-0.05, 0) is 12.5 Å². The average Bonchev–Trinajstić information content (AvgIpc) is 2.56. The molecule has 26 heavy (non-hydrogen) atoms. The molecule has 0 radical (unpaired) electrons. The molecule has 0 aromatic heterocycles. The molecule has 0 aliphatic heterocycles. The van der Waals surface area contributed by atoms with Gasteiger partial charge in [0.05, 0.1) is 12.2 Å². The molecule has 0 heterocycles. The van der Waals surface area contributed by atoms with Gasteiger partial charge in [0.15, 0.2) is 11.6 Å². The van der Waals surface area contributed by atoms with Gasteiger partial charge in [0, 0.05) is 27.2 Å². The molecule has 6 nitrogen and oxygen atoms in total. The zero-order valence-electron chi connectivity index (χ0n) is 14.7. The van der Waals surface area contributed by atoms with E-state index in [9.17, 15) is 27.6 Å². The maximum Gasteiger partial charge on any atom is 0.343 e. The standard InChI is InChI=1S/C17H18F3NO5/c1-5-6-25-17(24)11(8-21(3)4)15(23)10-7-12(18)14(20)16(13(10)19)26-9(2)22/h7-8H,5-6H2,1-4H3. The first-order valence-corrected chi connectivity index (χ1v) is 7.56. The second-order valence-corrected chi connectivity index (χ2v) is 5.43. The van der Waals surface area contributed by atoms with Crippen LogP contribution in [0.25, 0.3) is 0 Å². The number of benzene rings is 1. The molecule has 1 aromatic rings. The van der Waals surface area contributed by atoms with Crippen molar-refractivity contribution in [3.63, 3.8) is 0 Å². The van der Waals surface area contributed by atoms with Crippen molar-refractivity contribution >= 4 is 17.7 Å². The molecular weight excluding hydrogens is 355 g/mol. The number of nitrogens with zero attached hydrogens (tertiary/aromatic N) is 1. The van der Waals surface area contributed by atoms with Gasteiger partial charge in [-0.15, -0.1) is 0 Å². The van der Waals surface area contributed by atoms with E-state index in [1.54, 1.807) is 6.92 Å². The first-order valence-electron chi connectivity index (χ1n) is 7.56. The minimum absolute atomic E-state index is 0.00976. The van der Waals surface area contributed by atoms with Crippen LogP contribution < -0.4 is 4.74 Å². The zero-order valence-corrected chi connectivity index (χ0v) is 14.7. The summed E-state index contributed by atoms with van der Waals surface area (Å²) < 4.78 is 51.0. The summed E-state index contributed by atoms with van der Waals surface area (Å²) in [6, 6.07) is 0.288. The van der Waals surface area contributed by atoms with Crippen LogP contribution in [0, 0.1) is 17.5 Å². The van der Waals surface area contributed by atoms with Crippen molar-refractivity contribution < 1.29 is 37.0 Å². The number of halogens is 3. The highest BCUT2D eigenvalue weighted by atomic mass is 19.2.